The molecule has 1 N–H and O–H groups in total. The molecular weight excluding hydrogens is 356 g/mol. The molecule has 0 radical (unpaired) electrons. The van der Waals surface area contributed by atoms with Crippen molar-refractivity contribution in [3.05, 3.63) is 48.8 Å². The van der Waals surface area contributed by atoms with Gasteiger partial charge in [0.1, 0.15) is 0 Å². The first kappa shape index (κ1) is 16.0. The Bertz CT molecular complexity index is 578. The fourth-order valence-corrected chi connectivity index (χ4v) is 3.75. The molecule has 0 aliphatic heterocycles. The molecule has 0 saturated heterocycles. The third kappa shape index (κ3) is 3.61. The van der Waals surface area contributed by atoms with E-state index in [-0.39, 0.29) is 6.04 Å². The molecule has 2 nitrogen and oxygen atoms in total. The van der Waals surface area contributed by atoms with Crippen LogP contribution in [0.25, 0.3) is 0 Å². The lowest BCUT2D eigenvalue weighted by Crippen LogP contribution is -2.23. The summed E-state index contributed by atoms with van der Waals surface area (Å²) in [6, 6.07) is 6.25. The third-order valence-corrected chi connectivity index (χ3v) is 5.67. The first-order chi connectivity index (χ1) is 9.52. The third-order valence-electron chi connectivity index (χ3n) is 3.26. The van der Waals surface area contributed by atoms with Crippen LogP contribution < -0.4 is 5.32 Å². The molecule has 108 valence electrons. The Morgan fingerprint density at radius 1 is 1.40 bits per heavy atom. The average molecular weight is 374 g/mol. The highest BCUT2D eigenvalue weighted by Gasteiger charge is 2.18. The number of rotatable bonds is 5. The molecule has 2 rings (SSSR count). The number of aryl methyl sites for hydroxylation is 2. The summed E-state index contributed by atoms with van der Waals surface area (Å²) in [5.41, 5.74) is 2.24. The van der Waals surface area contributed by atoms with Gasteiger partial charge in [-0.05, 0) is 48.0 Å². The molecule has 2 aromatic rings. The van der Waals surface area contributed by atoms with Crippen LogP contribution in [-0.4, -0.2) is 11.5 Å². The summed E-state index contributed by atoms with van der Waals surface area (Å²) in [7, 11) is 0. The number of likely N-dealkylation sites (N-methyl/N-ethyl adjacent to an activating group) is 1. The summed E-state index contributed by atoms with van der Waals surface area (Å²) in [4.78, 5) is 5.92. The number of halogens is 2. The van der Waals surface area contributed by atoms with E-state index in [0.717, 1.165) is 38.7 Å². The standard InChI is InChI=1S/C15H18BrClN2S/c1-4-18-13(8-14-19-9(2)10(3)20-14)11-6-5-7-12(16)15(11)17/h5-7,13,18H,4,8H2,1-3H3. The summed E-state index contributed by atoms with van der Waals surface area (Å²) in [5.74, 6) is 0. The van der Waals surface area contributed by atoms with Gasteiger partial charge in [0.25, 0.3) is 0 Å². The van der Waals surface area contributed by atoms with Gasteiger partial charge in [-0.15, -0.1) is 11.3 Å². The second kappa shape index (κ2) is 7.03. The Morgan fingerprint density at radius 3 is 2.75 bits per heavy atom. The predicted molar refractivity (Wildman–Crippen MR) is 90.9 cm³/mol. The molecule has 1 heterocycles. The zero-order valence-electron chi connectivity index (χ0n) is 11.8. The van der Waals surface area contributed by atoms with E-state index in [2.05, 4.69) is 53.1 Å². The van der Waals surface area contributed by atoms with Crippen LogP contribution in [0.2, 0.25) is 5.02 Å². The van der Waals surface area contributed by atoms with Crippen molar-refractivity contribution < 1.29 is 0 Å². The monoisotopic (exact) mass is 372 g/mol. The smallest absolute Gasteiger partial charge is 0.0949 e. The van der Waals surface area contributed by atoms with Crippen molar-refractivity contribution in [3.8, 4) is 0 Å². The maximum atomic E-state index is 6.42. The van der Waals surface area contributed by atoms with E-state index in [1.165, 1.54) is 4.88 Å². The fraction of sp³-hybridized carbons (Fsp3) is 0.400. The van der Waals surface area contributed by atoms with Crippen molar-refractivity contribution in [2.45, 2.75) is 33.2 Å². The molecule has 0 aliphatic rings. The second-order valence-corrected chi connectivity index (χ2v) is 7.23. The molecular formula is C15H18BrClN2S. The zero-order valence-corrected chi connectivity index (χ0v) is 15.0. The van der Waals surface area contributed by atoms with Crippen molar-refractivity contribution in [1.29, 1.82) is 0 Å². The van der Waals surface area contributed by atoms with Gasteiger partial charge in [0.05, 0.1) is 15.7 Å². The molecule has 1 atom stereocenters. The summed E-state index contributed by atoms with van der Waals surface area (Å²) < 4.78 is 0.936. The van der Waals surface area contributed by atoms with E-state index in [1.54, 1.807) is 11.3 Å². The van der Waals surface area contributed by atoms with Gasteiger partial charge < -0.3 is 5.32 Å². The number of benzene rings is 1. The van der Waals surface area contributed by atoms with Crippen molar-refractivity contribution in [3.63, 3.8) is 0 Å². The van der Waals surface area contributed by atoms with Crippen LogP contribution in [0.3, 0.4) is 0 Å². The predicted octanol–water partition coefficient (Wildman–Crippen LogP) is 5.07. The van der Waals surface area contributed by atoms with Gasteiger partial charge in [-0.3, -0.25) is 0 Å². The highest BCUT2D eigenvalue weighted by molar-refractivity contribution is 9.10. The minimum Gasteiger partial charge on any atom is -0.310 e. The van der Waals surface area contributed by atoms with Gasteiger partial charge in [-0.1, -0.05) is 30.7 Å². The van der Waals surface area contributed by atoms with Gasteiger partial charge in [-0.2, -0.15) is 0 Å². The average Bonchev–Trinajstić information content (AvgIpc) is 2.71. The van der Waals surface area contributed by atoms with Gasteiger partial charge >= 0.3 is 0 Å². The summed E-state index contributed by atoms with van der Waals surface area (Å²) in [6.07, 6.45) is 0.864. The van der Waals surface area contributed by atoms with Gasteiger partial charge in [0, 0.05) is 21.8 Å². The Morgan fingerprint density at radius 2 is 2.15 bits per heavy atom. The Hall–Kier alpha value is -0.420. The normalized spacial score (nSPS) is 12.7. The molecule has 0 aliphatic carbocycles. The number of nitrogens with zero attached hydrogens (tertiary/aromatic N) is 1. The topological polar surface area (TPSA) is 24.9 Å². The minimum atomic E-state index is 0.190. The van der Waals surface area contributed by atoms with Gasteiger partial charge in [0.15, 0.2) is 0 Å². The lowest BCUT2D eigenvalue weighted by atomic mass is 10.0. The Kier molecular flexibility index (Phi) is 5.61. The molecule has 0 amide bonds. The molecule has 1 unspecified atom stereocenters. The van der Waals surface area contributed by atoms with E-state index in [4.69, 9.17) is 11.6 Å². The maximum absolute atomic E-state index is 6.42. The summed E-state index contributed by atoms with van der Waals surface area (Å²) >= 11 is 11.7. The SMILES string of the molecule is CCNC(Cc1nc(C)c(C)s1)c1cccc(Br)c1Cl. The molecule has 0 spiro atoms. The lowest BCUT2D eigenvalue weighted by molar-refractivity contribution is 0.548. The lowest BCUT2D eigenvalue weighted by Gasteiger charge is -2.19. The first-order valence-electron chi connectivity index (χ1n) is 6.63. The number of hydrogen-bond acceptors (Lipinski definition) is 3. The van der Waals surface area contributed by atoms with Crippen molar-refractivity contribution in [1.82, 2.24) is 10.3 Å². The first-order valence-corrected chi connectivity index (χ1v) is 8.61. The number of thiazole rings is 1. The molecule has 5 heteroatoms. The van der Waals surface area contributed by atoms with Gasteiger partial charge in [0.2, 0.25) is 0 Å². The van der Waals surface area contributed by atoms with E-state index < -0.39 is 0 Å². The minimum absolute atomic E-state index is 0.190. The number of nitrogens with one attached hydrogen (secondary N) is 1. The Labute approximate surface area is 137 Å². The van der Waals surface area contributed by atoms with Crippen molar-refractivity contribution in [2.24, 2.45) is 0 Å². The maximum Gasteiger partial charge on any atom is 0.0949 e. The van der Waals surface area contributed by atoms with Crippen LogP contribution in [0.15, 0.2) is 22.7 Å². The molecule has 0 bridgehead atoms. The molecule has 0 saturated carbocycles. The molecule has 1 aromatic carbocycles. The Balaban J connectivity index is 2.29. The fourth-order valence-electron chi connectivity index (χ4n) is 2.13. The second-order valence-electron chi connectivity index (χ2n) is 4.71. The van der Waals surface area contributed by atoms with Crippen LogP contribution in [0.1, 0.15) is 34.1 Å². The van der Waals surface area contributed by atoms with Crippen LogP contribution in [0.4, 0.5) is 0 Å². The van der Waals surface area contributed by atoms with E-state index in [1.807, 2.05) is 12.1 Å². The van der Waals surface area contributed by atoms with E-state index in [9.17, 15) is 0 Å². The quantitative estimate of drug-likeness (QED) is 0.791. The van der Waals surface area contributed by atoms with Crippen LogP contribution >= 0.6 is 38.9 Å². The number of aromatic nitrogens is 1. The van der Waals surface area contributed by atoms with Crippen molar-refractivity contribution >= 4 is 38.9 Å². The molecule has 0 fully saturated rings. The highest BCUT2D eigenvalue weighted by Crippen LogP contribution is 2.32. The molecule has 20 heavy (non-hydrogen) atoms. The zero-order chi connectivity index (χ0) is 14.7. The largest absolute Gasteiger partial charge is 0.310 e. The van der Waals surface area contributed by atoms with Crippen LogP contribution in [0, 0.1) is 13.8 Å². The van der Waals surface area contributed by atoms with Crippen LogP contribution in [0.5, 0.6) is 0 Å². The van der Waals surface area contributed by atoms with Gasteiger partial charge in [-0.25, -0.2) is 4.98 Å². The summed E-state index contributed by atoms with van der Waals surface area (Å²) in [6.45, 7) is 7.18. The van der Waals surface area contributed by atoms with E-state index in [0.29, 0.717) is 0 Å². The highest BCUT2D eigenvalue weighted by atomic mass is 79.9. The molecule has 1 aromatic heterocycles. The van der Waals surface area contributed by atoms with E-state index >= 15 is 0 Å². The van der Waals surface area contributed by atoms with Crippen LogP contribution in [-0.2, 0) is 6.42 Å². The number of hydrogen-bond donors (Lipinski definition) is 1. The van der Waals surface area contributed by atoms with Crippen molar-refractivity contribution in [2.75, 3.05) is 6.54 Å². The summed E-state index contributed by atoms with van der Waals surface area (Å²) in [5, 5.41) is 5.44.